The number of likely N-dealkylation sites (N-methyl/N-ethyl adjacent to an activating group) is 1. The van der Waals surface area contributed by atoms with E-state index in [0.29, 0.717) is 18.0 Å². The van der Waals surface area contributed by atoms with E-state index in [0.717, 1.165) is 6.54 Å². The zero-order chi connectivity index (χ0) is 13.8. The highest BCUT2D eigenvalue weighted by Crippen LogP contribution is 2.29. The Morgan fingerprint density at radius 2 is 2.00 bits per heavy atom. The molecule has 106 valence electrons. The first kappa shape index (κ1) is 14.5. The van der Waals surface area contributed by atoms with E-state index in [-0.39, 0.29) is 0 Å². The second-order valence-corrected chi connectivity index (χ2v) is 6.33. The molecule has 1 aliphatic carbocycles. The van der Waals surface area contributed by atoms with Crippen LogP contribution < -0.4 is 5.32 Å². The lowest BCUT2D eigenvalue weighted by atomic mass is 9.87. The molecule has 1 aliphatic rings. The van der Waals surface area contributed by atoms with Gasteiger partial charge in [-0.1, -0.05) is 38.1 Å². The molecule has 0 radical (unpaired) electrons. The van der Waals surface area contributed by atoms with Gasteiger partial charge in [-0.15, -0.1) is 0 Å². The van der Waals surface area contributed by atoms with Crippen LogP contribution in [0.25, 0.3) is 0 Å². The van der Waals surface area contributed by atoms with Gasteiger partial charge >= 0.3 is 0 Å². The third-order valence-corrected chi connectivity index (χ3v) is 4.38. The van der Waals surface area contributed by atoms with Crippen molar-refractivity contribution in [1.82, 2.24) is 10.2 Å². The maximum atomic E-state index is 3.80. The maximum absolute atomic E-state index is 3.80. The van der Waals surface area contributed by atoms with Crippen molar-refractivity contribution >= 4 is 0 Å². The first-order valence-electron chi connectivity index (χ1n) is 7.57. The van der Waals surface area contributed by atoms with Crippen molar-refractivity contribution in [1.29, 1.82) is 0 Å². The summed E-state index contributed by atoms with van der Waals surface area (Å²) in [6.07, 6.45) is 3.83. The van der Waals surface area contributed by atoms with E-state index in [4.69, 9.17) is 0 Å². The van der Waals surface area contributed by atoms with E-state index in [2.05, 4.69) is 62.4 Å². The first-order valence-corrected chi connectivity index (χ1v) is 7.57. The summed E-state index contributed by atoms with van der Waals surface area (Å²) in [5, 5.41) is 3.80. The van der Waals surface area contributed by atoms with E-state index >= 15 is 0 Å². The predicted molar refractivity (Wildman–Crippen MR) is 82.4 cm³/mol. The molecule has 0 bridgehead atoms. The van der Waals surface area contributed by atoms with Crippen molar-refractivity contribution < 1.29 is 0 Å². The van der Waals surface area contributed by atoms with Crippen LogP contribution >= 0.6 is 0 Å². The molecular formula is C17H28N2. The van der Waals surface area contributed by atoms with Crippen molar-refractivity contribution in [2.75, 3.05) is 20.6 Å². The minimum atomic E-state index is 0.547. The average Bonchev–Trinajstić information content (AvgIpc) is 2.38. The summed E-state index contributed by atoms with van der Waals surface area (Å²) < 4.78 is 0. The lowest BCUT2D eigenvalue weighted by molar-refractivity contribution is 0.216. The van der Waals surface area contributed by atoms with Crippen LogP contribution in [-0.4, -0.2) is 31.6 Å². The molecule has 2 nitrogen and oxygen atoms in total. The molecular weight excluding hydrogens is 232 g/mol. The number of benzene rings is 1. The van der Waals surface area contributed by atoms with E-state index in [9.17, 15) is 0 Å². The van der Waals surface area contributed by atoms with Gasteiger partial charge in [-0.2, -0.15) is 0 Å². The zero-order valence-corrected chi connectivity index (χ0v) is 12.8. The van der Waals surface area contributed by atoms with Crippen molar-refractivity contribution in [2.45, 2.75) is 45.2 Å². The van der Waals surface area contributed by atoms with Crippen molar-refractivity contribution in [2.24, 2.45) is 5.92 Å². The fraction of sp³-hybridized carbons (Fsp3) is 0.647. The van der Waals surface area contributed by atoms with Crippen molar-refractivity contribution in [3.05, 3.63) is 35.4 Å². The van der Waals surface area contributed by atoms with E-state index in [1.807, 2.05) is 0 Å². The van der Waals surface area contributed by atoms with Crippen molar-refractivity contribution in [3.63, 3.8) is 0 Å². The topological polar surface area (TPSA) is 15.3 Å². The number of aryl methyl sites for hydroxylation is 1. The monoisotopic (exact) mass is 260 g/mol. The smallest absolute Gasteiger partial charge is 0.0323 e. The Bertz CT molecular complexity index is 390. The quantitative estimate of drug-likeness (QED) is 0.874. The number of rotatable bonds is 5. The summed E-state index contributed by atoms with van der Waals surface area (Å²) in [5.74, 6) is 0.682. The van der Waals surface area contributed by atoms with Crippen LogP contribution in [0.3, 0.4) is 0 Å². The Labute approximate surface area is 118 Å². The van der Waals surface area contributed by atoms with Gasteiger partial charge in [-0.05, 0) is 50.4 Å². The van der Waals surface area contributed by atoms with E-state index < -0.39 is 0 Å². The molecule has 0 amide bonds. The Hall–Kier alpha value is -0.860. The van der Waals surface area contributed by atoms with Gasteiger partial charge in [0, 0.05) is 18.6 Å². The van der Waals surface area contributed by atoms with Gasteiger partial charge in [0.1, 0.15) is 0 Å². The van der Waals surface area contributed by atoms with Gasteiger partial charge < -0.3 is 10.2 Å². The number of nitrogens with zero attached hydrogens (tertiary/aromatic N) is 1. The number of nitrogens with one attached hydrogen (secondary N) is 1. The van der Waals surface area contributed by atoms with Gasteiger partial charge in [0.15, 0.2) is 0 Å². The second kappa shape index (κ2) is 6.53. The van der Waals surface area contributed by atoms with Crippen LogP contribution in [0.5, 0.6) is 0 Å². The van der Waals surface area contributed by atoms with Crippen LogP contribution in [-0.2, 0) is 6.42 Å². The Morgan fingerprint density at radius 1 is 1.26 bits per heavy atom. The molecule has 2 atom stereocenters. The molecule has 1 aromatic rings. The van der Waals surface area contributed by atoms with Gasteiger partial charge in [-0.25, -0.2) is 0 Å². The molecule has 0 spiro atoms. The SMILES string of the molecule is CC(C)C(CNC1CCCc2ccccc21)N(C)C. The third-order valence-electron chi connectivity index (χ3n) is 4.38. The Kier molecular flexibility index (Phi) is 5.00. The normalized spacial score (nSPS) is 20.6. The molecule has 1 N–H and O–H groups in total. The number of hydrogen-bond acceptors (Lipinski definition) is 2. The van der Waals surface area contributed by atoms with Gasteiger partial charge in [-0.3, -0.25) is 0 Å². The Balaban J connectivity index is 2.01. The summed E-state index contributed by atoms with van der Waals surface area (Å²) in [7, 11) is 4.36. The molecule has 0 saturated carbocycles. The van der Waals surface area contributed by atoms with Crippen molar-refractivity contribution in [3.8, 4) is 0 Å². The fourth-order valence-electron chi connectivity index (χ4n) is 3.24. The average molecular weight is 260 g/mol. The molecule has 2 heteroatoms. The largest absolute Gasteiger partial charge is 0.308 e. The summed E-state index contributed by atoms with van der Waals surface area (Å²) in [4.78, 5) is 2.34. The van der Waals surface area contributed by atoms with Gasteiger partial charge in [0.2, 0.25) is 0 Å². The lowest BCUT2D eigenvalue weighted by Gasteiger charge is -2.32. The van der Waals surface area contributed by atoms with Gasteiger partial charge in [0.25, 0.3) is 0 Å². The molecule has 0 aromatic heterocycles. The minimum absolute atomic E-state index is 0.547. The summed E-state index contributed by atoms with van der Waals surface area (Å²) in [6.45, 7) is 5.69. The number of fused-ring (bicyclic) bond motifs is 1. The molecule has 0 heterocycles. The van der Waals surface area contributed by atoms with E-state index in [1.165, 1.54) is 30.4 Å². The number of hydrogen-bond donors (Lipinski definition) is 1. The molecule has 0 aliphatic heterocycles. The summed E-state index contributed by atoms with van der Waals surface area (Å²) in [5.41, 5.74) is 3.06. The highest BCUT2D eigenvalue weighted by Gasteiger charge is 2.22. The molecule has 19 heavy (non-hydrogen) atoms. The lowest BCUT2D eigenvalue weighted by Crippen LogP contribution is -2.43. The van der Waals surface area contributed by atoms with Gasteiger partial charge in [0.05, 0.1) is 0 Å². The summed E-state index contributed by atoms with van der Waals surface area (Å²) in [6, 6.07) is 10.1. The Morgan fingerprint density at radius 3 is 2.68 bits per heavy atom. The van der Waals surface area contributed by atoms with Crippen LogP contribution in [0.15, 0.2) is 24.3 Å². The molecule has 2 unspecified atom stereocenters. The molecule has 1 aromatic carbocycles. The fourth-order valence-corrected chi connectivity index (χ4v) is 3.24. The highest BCUT2D eigenvalue weighted by atomic mass is 15.1. The zero-order valence-electron chi connectivity index (χ0n) is 12.8. The molecule has 0 saturated heterocycles. The molecule has 0 fully saturated rings. The predicted octanol–water partition coefficient (Wildman–Crippen LogP) is 3.24. The standard InChI is InChI=1S/C17H28N2/c1-13(2)17(19(3)4)12-18-16-11-7-9-14-8-5-6-10-15(14)16/h5-6,8,10,13,16-18H,7,9,11-12H2,1-4H3. The third kappa shape index (κ3) is 3.58. The highest BCUT2D eigenvalue weighted by molar-refractivity contribution is 5.32. The van der Waals surface area contributed by atoms with Crippen LogP contribution in [0.4, 0.5) is 0 Å². The maximum Gasteiger partial charge on any atom is 0.0323 e. The molecule has 2 rings (SSSR count). The second-order valence-electron chi connectivity index (χ2n) is 6.33. The van der Waals surface area contributed by atoms with Crippen LogP contribution in [0, 0.1) is 5.92 Å². The minimum Gasteiger partial charge on any atom is -0.308 e. The van der Waals surface area contributed by atoms with Crippen LogP contribution in [0.2, 0.25) is 0 Å². The van der Waals surface area contributed by atoms with Crippen LogP contribution in [0.1, 0.15) is 43.9 Å². The van der Waals surface area contributed by atoms with E-state index in [1.54, 1.807) is 0 Å². The first-order chi connectivity index (χ1) is 9.09. The summed E-state index contributed by atoms with van der Waals surface area (Å²) >= 11 is 0.